The smallest absolute Gasteiger partial charge is 0.389 e. The molecule has 0 amide bonds. The largest absolute Gasteiger partial charge is 0.459 e. The second kappa shape index (κ2) is 8.18. The molecule has 0 fully saturated rings. The molecule has 24 heavy (non-hydrogen) atoms. The molecule has 1 atom stereocenters. The molecule has 0 aromatic heterocycles. The van der Waals surface area contributed by atoms with Crippen molar-refractivity contribution in [3.63, 3.8) is 0 Å². The number of carbonyl (C=O) groups excluding carboxylic acids is 1. The van der Waals surface area contributed by atoms with Gasteiger partial charge in [-0.1, -0.05) is 42.8 Å². The Labute approximate surface area is 139 Å². The number of rotatable bonds is 7. The molecule has 0 aliphatic carbocycles. The molecule has 130 valence electrons. The van der Waals surface area contributed by atoms with E-state index < -0.39 is 18.6 Å². The zero-order valence-corrected chi connectivity index (χ0v) is 13.6. The summed E-state index contributed by atoms with van der Waals surface area (Å²) in [4.78, 5) is 12.3. The van der Waals surface area contributed by atoms with E-state index in [2.05, 4.69) is 0 Å². The second-order valence-corrected chi connectivity index (χ2v) is 5.96. The fraction of sp³-hybridized carbons (Fsp3) is 0.421. The Morgan fingerprint density at radius 3 is 2.50 bits per heavy atom. The molecule has 0 spiro atoms. The van der Waals surface area contributed by atoms with Crippen molar-refractivity contribution in [3.05, 3.63) is 48.0 Å². The molecule has 1 unspecified atom stereocenters. The van der Waals surface area contributed by atoms with E-state index in [0.29, 0.717) is 24.8 Å². The van der Waals surface area contributed by atoms with Crippen LogP contribution in [0.1, 0.15) is 49.4 Å². The van der Waals surface area contributed by atoms with Gasteiger partial charge in [-0.3, -0.25) is 0 Å². The number of halogens is 3. The Morgan fingerprint density at radius 1 is 1.04 bits per heavy atom. The van der Waals surface area contributed by atoms with Crippen LogP contribution in [0.25, 0.3) is 10.8 Å². The lowest BCUT2D eigenvalue weighted by Gasteiger charge is -2.14. The lowest BCUT2D eigenvalue weighted by atomic mass is 10.0. The maximum atomic E-state index is 12.3. The van der Waals surface area contributed by atoms with E-state index in [1.807, 2.05) is 30.3 Å². The number of fused-ring (bicyclic) bond motifs is 1. The van der Waals surface area contributed by atoms with E-state index in [0.717, 1.165) is 10.8 Å². The molecule has 0 aliphatic heterocycles. The highest BCUT2D eigenvalue weighted by Crippen LogP contribution is 2.24. The van der Waals surface area contributed by atoms with Crippen molar-refractivity contribution in [2.75, 3.05) is 0 Å². The van der Waals surface area contributed by atoms with Crippen molar-refractivity contribution in [3.8, 4) is 0 Å². The molecule has 2 nitrogen and oxygen atoms in total. The van der Waals surface area contributed by atoms with Gasteiger partial charge in [0.05, 0.1) is 11.7 Å². The van der Waals surface area contributed by atoms with Crippen LogP contribution in [0.4, 0.5) is 13.2 Å². The van der Waals surface area contributed by atoms with E-state index in [-0.39, 0.29) is 12.5 Å². The second-order valence-electron chi connectivity index (χ2n) is 5.96. The first-order chi connectivity index (χ1) is 11.4. The molecule has 0 heterocycles. The third kappa shape index (κ3) is 5.55. The maximum Gasteiger partial charge on any atom is 0.389 e. The number of carbonyl (C=O) groups is 1. The maximum absolute atomic E-state index is 12.3. The first-order valence-electron chi connectivity index (χ1n) is 8.12. The molecule has 0 radical (unpaired) electrons. The minimum absolute atomic E-state index is 0.119. The summed E-state index contributed by atoms with van der Waals surface area (Å²) in [6.07, 6.45) is -3.39. The highest BCUT2D eigenvalue weighted by molar-refractivity contribution is 6.04. The minimum atomic E-state index is -4.09. The van der Waals surface area contributed by atoms with Gasteiger partial charge >= 0.3 is 12.1 Å². The number of unbranched alkanes of at least 4 members (excludes halogenated alkanes) is 2. The van der Waals surface area contributed by atoms with Crippen molar-refractivity contribution >= 4 is 16.7 Å². The van der Waals surface area contributed by atoms with Gasteiger partial charge in [-0.2, -0.15) is 13.2 Å². The average Bonchev–Trinajstić information content (AvgIpc) is 2.52. The van der Waals surface area contributed by atoms with Gasteiger partial charge in [-0.25, -0.2) is 4.79 Å². The first-order valence-corrected chi connectivity index (χ1v) is 8.12. The number of esters is 1. The van der Waals surface area contributed by atoms with Gasteiger partial charge in [0.25, 0.3) is 0 Å². The van der Waals surface area contributed by atoms with E-state index in [9.17, 15) is 18.0 Å². The third-order valence-corrected chi connectivity index (χ3v) is 3.89. The summed E-state index contributed by atoms with van der Waals surface area (Å²) in [7, 11) is 0. The van der Waals surface area contributed by atoms with Gasteiger partial charge in [-0.05, 0) is 43.0 Å². The quantitative estimate of drug-likeness (QED) is 0.464. The van der Waals surface area contributed by atoms with E-state index in [1.165, 1.54) is 0 Å². The van der Waals surface area contributed by atoms with Gasteiger partial charge in [0.15, 0.2) is 0 Å². The standard InChI is InChI=1S/C19H21F3O2/c1-14(8-3-2-6-13-19(20,21)22)24-18(23)17-12-7-10-15-9-4-5-11-16(15)17/h4-5,7,9-12,14H,2-3,6,8,13H2,1H3. The molecular formula is C19H21F3O2. The predicted molar refractivity (Wildman–Crippen MR) is 88.0 cm³/mol. The number of benzene rings is 2. The summed E-state index contributed by atoms with van der Waals surface area (Å²) in [5.74, 6) is -0.394. The van der Waals surface area contributed by atoms with Crippen LogP contribution >= 0.6 is 0 Å². The highest BCUT2D eigenvalue weighted by Gasteiger charge is 2.25. The zero-order valence-electron chi connectivity index (χ0n) is 13.6. The SMILES string of the molecule is CC(CCCCCC(F)(F)F)OC(=O)c1cccc2ccccc12. The van der Waals surface area contributed by atoms with Crippen molar-refractivity contribution in [1.29, 1.82) is 0 Å². The Bertz CT molecular complexity index is 674. The normalized spacial score (nSPS) is 13.0. The van der Waals surface area contributed by atoms with Crippen LogP contribution in [-0.4, -0.2) is 18.2 Å². The number of alkyl halides is 3. The number of ether oxygens (including phenoxy) is 1. The van der Waals surface area contributed by atoms with Crippen molar-refractivity contribution in [1.82, 2.24) is 0 Å². The van der Waals surface area contributed by atoms with Crippen LogP contribution in [0.3, 0.4) is 0 Å². The monoisotopic (exact) mass is 338 g/mol. The van der Waals surface area contributed by atoms with Crippen LogP contribution in [0.15, 0.2) is 42.5 Å². The summed E-state index contributed by atoms with van der Waals surface area (Å²) in [5.41, 5.74) is 0.511. The molecule has 0 N–H and O–H groups in total. The average molecular weight is 338 g/mol. The molecule has 2 aromatic carbocycles. The van der Waals surface area contributed by atoms with Gasteiger partial charge in [0, 0.05) is 6.42 Å². The first kappa shape index (κ1) is 18.3. The van der Waals surface area contributed by atoms with Crippen molar-refractivity contribution in [2.45, 2.75) is 51.3 Å². The van der Waals surface area contributed by atoms with Gasteiger partial charge < -0.3 is 4.74 Å². The Kier molecular flexibility index (Phi) is 6.23. The Hall–Kier alpha value is -2.04. The molecule has 0 bridgehead atoms. The topological polar surface area (TPSA) is 26.3 Å². The van der Waals surface area contributed by atoms with Crippen LogP contribution < -0.4 is 0 Å². The molecule has 0 saturated heterocycles. The molecule has 5 heteroatoms. The Balaban J connectivity index is 1.83. The van der Waals surface area contributed by atoms with Crippen molar-refractivity contribution < 1.29 is 22.7 Å². The zero-order chi connectivity index (χ0) is 17.6. The predicted octanol–water partition coefficient (Wildman–Crippen LogP) is 5.90. The minimum Gasteiger partial charge on any atom is -0.459 e. The fourth-order valence-corrected chi connectivity index (χ4v) is 2.64. The van der Waals surface area contributed by atoms with E-state index in [1.54, 1.807) is 19.1 Å². The summed E-state index contributed by atoms with van der Waals surface area (Å²) in [6.45, 7) is 1.77. The third-order valence-electron chi connectivity index (χ3n) is 3.89. The molecular weight excluding hydrogens is 317 g/mol. The van der Waals surface area contributed by atoms with Gasteiger partial charge in [0.1, 0.15) is 0 Å². The van der Waals surface area contributed by atoms with Crippen LogP contribution in [0, 0.1) is 0 Å². The van der Waals surface area contributed by atoms with Crippen LogP contribution in [0.2, 0.25) is 0 Å². The highest BCUT2D eigenvalue weighted by atomic mass is 19.4. The summed E-state index contributed by atoms with van der Waals surface area (Å²) in [5, 5.41) is 1.80. The molecule has 0 saturated carbocycles. The molecule has 2 aromatic rings. The van der Waals surface area contributed by atoms with E-state index >= 15 is 0 Å². The Morgan fingerprint density at radius 2 is 1.75 bits per heavy atom. The lowest BCUT2D eigenvalue weighted by Crippen LogP contribution is -2.15. The summed E-state index contributed by atoms with van der Waals surface area (Å²) >= 11 is 0. The number of hydrogen-bond donors (Lipinski definition) is 0. The fourth-order valence-electron chi connectivity index (χ4n) is 2.64. The lowest BCUT2D eigenvalue weighted by molar-refractivity contribution is -0.135. The van der Waals surface area contributed by atoms with Crippen molar-refractivity contribution in [2.24, 2.45) is 0 Å². The molecule has 2 rings (SSSR count). The van der Waals surface area contributed by atoms with E-state index in [4.69, 9.17) is 4.74 Å². The summed E-state index contributed by atoms with van der Waals surface area (Å²) < 4.78 is 41.6. The van der Waals surface area contributed by atoms with Crippen LogP contribution in [0.5, 0.6) is 0 Å². The van der Waals surface area contributed by atoms with Crippen LogP contribution in [-0.2, 0) is 4.74 Å². The summed E-state index contributed by atoms with van der Waals surface area (Å²) in [6, 6.07) is 13.0. The van der Waals surface area contributed by atoms with Gasteiger partial charge in [0.2, 0.25) is 0 Å². The number of hydrogen-bond acceptors (Lipinski definition) is 2. The molecule has 0 aliphatic rings. The van der Waals surface area contributed by atoms with Gasteiger partial charge in [-0.15, -0.1) is 0 Å².